The van der Waals surface area contributed by atoms with E-state index in [1.54, 1.807) is 31.2 Å². The number of halogens is 1. The minimum absolute atomic E-state index is 0.103. The number of carbonyl (C=O) groups excluding carboxylic acids is 1. The highest BCUT2D eigenvalue weighted by atomic mass is 35.5. The van der Waals surface area contributed by atoms with Gasteiger partial charge in [-0.2, -0.15) is 9.50 Å². The molecule has 0 atom stereocenters. The van der Waals surface area contributed by atoms with Crippen LogP contribution in [0.4, 0.5) is 5.69 Å². The molecule has 0 aliphatic rings. The number of hydrogen-bond acceptors (Lipinski definition) is 4. The third kappa shape index (κ3) is 2.63. The first-order valence-electron chi connectivity index (χ1n) is 6.06. The SMILES string of the molecule is Cc1cc(=O)n2nc(C(=O)Nc3cccc(Cl)c3)nc2[nH]1. The quantitative estimate of drug-likeness (QED) is 0.752. The summed E-state index contributed by atoms with van der Waals surface area (Å²) in [4.78, 5) is 30.7. The number of nitrogens with one attached hydrogen (secondary N) is 2. The van der Waals surface area contributed by atoms with Crippen molar-refractivity contribution in [2.24, 2.45) is 0 Å². The summed E-state index contributed by atoms with van der Waals surface area (Å²) in [6.45, 7) is 1.72. The van der Waals surface area contributed by atoms with E-state index < -0.39 is 5.91 Å². The Kier molecular flexibility index (Phi) is 3.19. The number of anilines is 1. The zero-order valence-corrected chi connectivity index (χ0v) is 11.7. The topological polar surface area (TPSA) is 92.2 Å². The zero-order chi connectivity index (χ0) is 15.0. The van der Waals surface area contributed by atoms with E-state index in [1.807, 2.05) is 0 Å². The molecule has 0 radical (unpaired) electrons. The van der Waals surface area contributed by atoms with Crippen LogP contribution in [0, 0.1) is 6.92 Å². The van der Waals surface area contributed by atoms with Crippen LogP contribution in [0.1, 0.15) is 16.3 Å². The Balaban J connectivity index is 1.95. The van der Waals surface area contributed by atoms with Gasteiger partial charge in [-0.1, -0.05) is 17.7 Å². The van der Waals surface area contributed by atoms with Gasteiger partial charge in [-0.05, 0) is 25.1 Å². The number of aromatic nitrogens is 4. The first kappa shape index (κ1) is 13.3. The summed E-state index contributed by atoms with van der Waals surface area (Å²) in [6, 6.07) is 8.07. The molecular weight excluding hydrogens is 294 g/mol. The van der Waals surface area contributed by atoms with E-state index in [0.717, 1.165) is 4.52 Å². The van der Waals surface area contributed by atoms with E-state index >= 15 is 0 Å². The minimum Gasteiger partial charge on any atom is -0.328 e. The Morgan fingerprint density at radius 1 is 1.38 bits per heavy atom. The highest BCUT2D eigenvalue weighted by molar-refractivity contribution is 6.30. The number of fused-ring (bicyclic) bond motifs is 1. The van der Waals surface area contributed by atoms with Gasteiger partial charge in [0.15, 0.2) is 0 Å². The summed E-state index contributed by atoms with van der Waals surface area (Å²) >= 11 is 5.84. The average molecular weight is 304 g/mol. The molecule has 1 amide bonds. The van der Waals surface area contributed by atoms with Gasteiger partial charge in [0.05, 0.1) is 0 Å². The van der Waals surface area contributed by atoms with Crippen molar-refractivity contribution < 1.29 is 4.79 Å². The maximum absolute atomic E-state index is 12.1. The maximum atomic E-state index is 12.1. The fraction of sp³-hybridized carbons (Fsp3) is 0.0769. The van der Waals surface area contributed by atoms with Crippen LogP contribution in [0.2, 0.25) is 5.02 Å². The largest absolute Gasteiger partial charge is 0.328 e. The lowest BCUT2D eigenvalue weighted by molar-refractivity contribution is 0.101. The summed E-state index contributed by atoms with van der Waals surface area (Å²) in [5, 5.41) is 7.01. The second-order valence-electron chi connectivity index (χ2n) is 4.43. The van der Waals surface area contributed by atoms with Crippen LogP contribution < -0.4 is 10.9 Å². The van der Waals surface area contributed by atoms with E-state index in [1.165, 1.54) is 6.07 Å². The van der Waals surface area contributed by atoms with Gasteiger partial charge in [0.1, 0.15) is 0 Å². The molecule has 2 N–H and O–H groups in total. The normalized spacial score (nSPS) is 10.8. The van der Waals surface area contributed by atoms with Gasteiger partial charge in [0.25, 0.3) is 11.5 Å². The van der Waals surface area contributed by atoms with Crippen molar-refractivity contribution in [3.63, 3.8) is 0 Å². The summed E-state index contributed by atoms with van der Waals surface area (Å²) < 4.78 is 1.04. The lowest BCUT2D eigenvalue weighted by Gasteiger charge is -2.01. The fourth-order valence-electron chi connectivity index (χ4n) is 1.85. The van der Waals surface area contributed by atoms with E-state index in [2.05, 4.69) is 20.4 Å². The number of amides is 1. The van der Waals surface area contributed by atoms with Gasteiger partial charge in [-0.15, -0.1) is 5.10 Å². The summed E-state index contributed by atoms with van der Waals surface area (Å²) in [5.74, 6) is -0.406. The molecule has 0 aliphatic carbocycles. The fourth-order valence-corrected chi connectivity index (χ4v) is 2.05. The van der Waals surface area contributed by atoms with E-state index in [-0.39, 0.29) is 17.2 Å². The summed E-state index contributed by atoms with van der Waals surface area (Å²) in [7, 11) is 0. The Morgan fingerprint density at radius 2 is 2.19 bits per heavy atom. The highest BCUT2D eigenvalue weighted by Crippen LogP contribution is 2.15. The van der Waals surface area contributed by atoms with Crippen molar-refractivity contribution in [1.29, 1.82) is 0 Å². The van der Waals surface area contributed by atoms with Gasteiger partial charge in [-0.25, -0.2) is 0 Å². The number of benzene rings is 1. The zero-order valence-electron chi connectivity index (χ0n) is 10.9. The molecule has 0 saturated heterocycles. The van der Waals surface area contributed by atoms with Crippen LogP contribution in [0.5, 0.6) is 0 Å². The molecular formula is C13H10ClN5O2. The minimum atomic E-state index is -0.522. The van der Waals surface area contributed by atoms with Gasteiger partial charge in [0, 0.05) is 22.5 Å². The standard InChI is InChI=1S/C13H10ClN5O2/c1-7-5-10(20)19-13(15-7)17-11(18-19)12(21)16-9-4-2-3-8(14)6-9/h2-6H,1H3,(H,16,21)(H,15,17,18). The van der Waals surface area contributed by atoms with Crippen LogP contribution in [-0.2, 0) is 0 Å². The number of aromatic amines is 1. The highest BCUT2D eigenvalue weighted by Gasteiger charge is 2.15. The van der Waals surface area contributed by atoms with Crippen LogP contribution in [-0.4, -0.2) is 25.5 Å². The molecule has 0 unspecified atom stereocenters. The predicted octanol–water partition coefficient (Wildman–Crippen LogP) is 1.63. The van der Waals surface area contributed by atoms with Crippen molar-refractivity contribution >= 4 is 29.0 Å². The van der Waals surface area contributed by atoms with Crippen LogP contribution in [0.25, 0.3) is 5.78 Å². The molecule has 0 aliphatic heterocycles. The molecule has 0 spiro atoms. The van der Waals surface area contributed by atoms with Crippen LogP contribution >= 0.6 is 11.6 Å². The molecule has 0 bridgehead atoms. The van der Waals surface area contributed by atoms with Gasteiger partial charge in [0.2, 0.25) is 11.6 Å². The molecule has 0 fully saturated rings. The number of aryl methyl sites for hydroxylation is 1. The van der Waals surface area contributed by atoms with Gasteiger partial charge >= 0.3 is 0 Å². The van der Waals surface area contributed by atoms with Crippen LogP contribution in [0.3, 0.4) is 0 Å². The molecule has 3 aromatic rings. The van der Waals surface area contributed by atoms with Gasteiger partial charge in [-0.3, -0.25) is 9.59 Å². The molecule has 3 rings (SSSR count). The number of hydrogen-bond donors (Lipinski definition) is 2. The van der Waals surface area contributed by atoms with E-state index in [4.69, 9.17) is 11.6 Å². The van der Waals surface area contributed by atoms with Crippen molar-refractivity contribution in [3.05, 3.63) is 57.2 Å². The number of nitrogens with zero attached hydrogens (tertiary/aromatic N) is 3. The van der Waals surface area contributed by atoms with Crippen molar-refractivity contribution in [2.45, 2.75) is 6.92 Å². The van der Waals surface area contributed by atoms with E-state index in [0.29, 0.717) is 16.4 Å². The Bertz CT molecular complexity index is 899. The molecule has 1 aromatic carbocycles. The number of carbonyl (C=O) groups is 1. The lowest BCUT2D eigenvalue weighted by atomic mass is 10.3. The second-order valence-corrected chi connectivity index (χ2v) is 4.86. The third-order valence-electron chi connectivity index (χ3n) is 2.75. The predicted molar refractivity (Wildman–Crippen MR) is 77.7 cm³/mol. The molecule has 21 heavy (non-hydrogen) atoms. The third-order valence-corrected chi connectivity index (χ3v) is 2.99. The lowest BCUT2D eigenvalue weighted by Crippen LogP contribution is -2.16. The molecule has 2 aromatic heterocycles. The summed E-state index contributed by atoms with van der Waals surface area (Å²) in [6.07, 6.45) is 0. The Hall–Kier alpha value is -2.67. The Morgan fingerprint density at radius 3 is 2.95 bits per heavy atom. The smallest absolute Gasteiger partial charge is 0.295 e. The number of H-pyrrole nitrogens is 1. The number of rotatable bonds is 2. The first-order valence-corrected chi connectivity index (χ1v) is 6.44. The second kappa shape index (κ2) is 5.02. The van der Waals surface area contributed by atoms with Crippen molar-refractivity contribution in [3.8, 4) is 0 Å². The molecule has 2 heterocycles. The monoisotopic (exact) mass is 303 g/mol. The molecule has 0 saturated carbocycles. The molecule has 8 heteroatoms. The van der Waals surface area contributed by atoms with Crippen molar-refractivity contribution in [2.75, 3.05) is 5.32 Å². The Labute approximate surface area is 123 Å². The summed E-state index contributed by atoms with van der Waals surface area (Å²) in [5.41, 5.74) is 0.811. The van der Waals surface area contributed by atoms with Crippen LogP contribution in [0.15, 0.2) is 35.1 Å². The molecule has 7 nitrogen and oxygen atoms in total. The van der Waals surface area contributed by atoms with Gasteiger partial charge < -0.3 is 10.3 Å². The van der Waals surface area contributed by atoms with E-state index in [9.17, 15) is 9.59 Å². The maximum Gasteiger partial charge on any atom is 0.295 e. The van der Waals surface area contributed by atoms with Crippen molar-refractivity contribution in [1.82, 2.24) is 19.6 Å². The molecule has 106 valence electrons. The first-order chi connectivity index (χ1) is 10.0. The average Bonchev–Trinajstić information content (AvgIpc) is 2.83.